The molecule has 0 fully saturated rings. The Kier molecular flexibility index (Phi) is 6.67. The van der Waals surface area contributed by atoms with Crippen molar-refractivity contribution >= 4 is 40.4 Å². The molecular weight excluding hydrogens is 342 g/mol. The molecule has 0 aliphatic rings. The number of amides is 3. The average molecular weight is 361 g/mol. The van der Waals surface area contributed by atoms with Gasteiger partial charge in [0.15, 0.2) is 0 Å². The minimum atomic E-state index is -0.794. The number of nitrogens with one attached hydrogen (secondary N) is 3. The van der Waals surface area contributed by atoms with Crippen LogP contribution < -0.4 is 16.0 Å². The van der Waals surface area contributed by atoms with Crippen LogP contribution in [0.4, 0.5) is 11.4 Å². The van der Waals surface area contributed by atoms with Crippen LogP contribution in [0.15, 0.2) is 41.8 Å². The number of benzene rings is 1. The number of hydrogen-bond donors (Lipinski definition) is 4. The van der Waals surface area contributed by atoms with Gasteiger partial charge in [0.2, 0.25) is 5.91 Å². The maximum atomic E-state index is 11.8. The van der Waals surface area contributed by atoms with Crippen LogP contribution in [-0.2, 0) is 14.4 Å². The highest BCUT2D eigenvalue weighted by atomic mass is 32.1. The third-order valence-corrected chi connectivity index (χ3v) is 4.22. The van der Waals surface area contributed by atoms with E-state index in [4.69, 9.17) is 0 Å². The zero-order valence-corrected chi connectivity index (χ0v) is 14.4. The molecule has 0 radical (unpaired) electrons. The van der Waals surface area contributed by atoms with Crippen LogP contribution in [0.5, 0.6) is 0 Å². The third kappa shape index (κ3) is 6.02. The number of aliphatic hydroxyl groups excluding tert-OH is 1. The molecule has 0 aliphatic carbocycles. The lowest BCUT2D eigenvalue weighted by Gasteiger charge is -2.10. The second-order valence-corrected chi connectivity index (χ2v) is 6.27. The molecule has 8 heteroatoms. The highest BCUT2D eigenvalue weighted by molar-refractivity contribution is 7.10. The van der Waals surface area contributed by atoms with Crippen molar-refractivity contribution in [3.63, 3.8) is 0 Å². The first-order valence-corrected chi connectivity index (χ1v) is 8.52. The summed E-state index contributed by atoms with van der Waals surface area (Å²) in [6, 6.07) is 10.0. The van der Waals surface area contributed by atoms with Gasteiger partial charge in [0.25, 0.3) is 0 Å². The second kappa shape index (κ2) is 8.95. The molecule has 2 rings (SSSR count). The van der Waals surface area contributed by atoms with Gasteiger partial charge in [0, 0.05) is 29.7 Å². The van der Waals surface area contributed by atoms with E-state index >= 15 is 0 Å². The molecule has 3 amide bonds. The Bertz CT molecular complexity index is 729. The summed E-state index contributed by atoms with van der Waals surface area (Å²) in [6.45, 7) is 1.59. The third-order valence-electron chi connectivity index (χ3n) is 3.24. The zero-order valence-electron chi connectivity index (χ0n) is 13.6. The quantitative estimate of drug-likeness (QED) is 0.589. The molecule has 4 N–H and O–H groups in total. The first-order valence-electron chi connectivity index (χ1n) is 7.64. The van der Waals surface area contributed by atoms with Crippen LogP contribution in [0.2, 0.25) is 0 Å². The molecule has 0 saturated carbocycles. The molecule has 7 nitrogen and oxygen atoms in total. The Morgan fingerprint density at radius 1 is 1.04 bits per heavy atom. The van der Waals surface area contributed by atoms with Crippen molar-refractivity contribution < 1.29 is 19.5 Å². The van der Waals surface area contributed by atoms with E-state index in [1.54, 1.807) is 24.3 Å². The van der Waals surface area contributed by atoms with Crippen LogP contribution in [0, 0.1) is 0 Å². The van der Waals surface area contributed by atoms with Crippen molar-refractivity contribution in [2.45, 2.75) is 19.4 Å². The number of aliphatic hydroxyl groups is 1. The van der Waals surface area contributed by atoms with Crippen molar-refractivity contribution in [2.24, 2.45) is 0 Å². The number of carbonyl (C=O) groups is 3. The lowest BCUT2D eigenvalue weighted by atomic mass is 10.2. The number of carbonyl (C=O) groups excluding carboxylic acids is 3. The van der Waals surface area contributed by atoms with Crippen LogP contribution in [-0.4, -0.2) is 29.4 Å². The Labute approximate surface area is 149 Å². The van der Waals surface area contributed by atoms with Gasteiger partial charge >= 0.3 is 11.8 Å². The monoisotopic (exact) mass is 361 g/mol. The summed E-state index contributed by atoms with van der Waals surface area (Å²) < 4.78 is 0. The van der Waals surface area contributed by atoms with Gasteiger partial charge < -0.3 is 21.1 Å². The molecule has 0 aliphatic heterocycles. The van der Waals surface area contributed by atoms with Crippen molar-refractivity contribution in [3.05, 3.63) is 46.7 Å². The van der Waals surface area contributed by atoms with Crippen LogP contribution in [0.1, 0.15) is 24.3 Å². The fourth-order valence-electron chi connectivity index (χ4n) is 2.05. The van der Waals surface area contributed by atoms with Gasteiger partial charge in [-0.1, -0.05) is 6.07 Å². The lowest BCUT2D eigenvalue weighted by molar-refractivity contribution is -0.136. The first-order chi connectivity index (χ1) is 12.0. The molecule has 1 atom stereocenters. The van der Waals surface area contributed by atoms with E-state index in [9.17, 15) is 19.5 Å². The van der Waals surface area contributed by atoms with Gasteiger partial charge in [-0.25, -0.2) is 0 Å². The topological polar surface area (TPSA) is 108 Å². The van der Waals surface area contributed by atoms with Gasteiger partial charge in [0.1, 0.15) is 0 Å². The first kappa shape index (κ1) is 18.6. The smallest absolute Gasteiger partial charge is 0.313 e. The normalized spacial score (nSPS) is 11.4. The summed E-state index contributed by atoms with van der Waals surface area (Å²) in [6.07, 6.45) is -0.338. The second-order valence-electron chi connectivity index (χ2n) is 5.29. The summed E-state index contributed by atoms with van der Waals surface area (Å²) in [5.74, 6) is -1.76. The molecule has 25 heavy (non-hydrogen) atoms. The summed E-state index contributed by atoms with van der Waals surface area (Å²) in [5.41, 5.74) is 1.03. The Morgan fingerprint density at radius 2 is 1.68 bits per heavy atom. The highest BCUT2D eigenvalue weighted by Crippen LogP contribution is 2.20. The largest absolute Gasteiger partial charge is 0.388 e. The van der Waals surface area contributed by atoms with Gasteiger partial charge in [-0.2, -0.15) is 0 Å². The van der Waals surface area contributed by atoms with E-state index in [0.29, 0.717) is 17.8 Å². The maximum Gasteiger partial charge on any atom is 0.313 e. The Hall–Kier alpha value is -2.71. The van der Waals surface area contributed by atoms with Crippen molar-refractivity contribution in [2.75, 3.05) is 17.2 Å². The standard InChI is InChI=1S/C17H19N3O4S/c1-11(21)19-12-4-6-13(7-5-12)20-17(24)16(23)18-9-8-14(22)15-3-2-10-25-15/h2-7,10,14,22H,8-9H2,1H3,(H,18,23)(H,19,21)(H,20,24). The van der Waals surface area contributed by atoms with E-state index in [1.165, 1.54) is 18.3 Å². The minimum absolute atomic E-state index is 0.187. The fourth-order valence-corrected chi connectivity index (χ4v) is 2.80. The molecule has 0 saturated heterocycles. The number of thiophene rings is 1. The van der Waals surface area contributed by atoms with Gasteiger partial charge in [-0.05, 0) is 42.1 Å². The molecule has 1 aromatic heterocycles. The molecule has 132 valence electrons. The predicted molar refractivity (Wildman–Crippen MR) is 96.3 cm³/mol. The van der Waals surface area contributed by atoms with E-state index in [-0.39, 0.29) is 12.5 Å². The minimum Gasteiger partial charge on any atom is -0.388 e. The number of rotatable bonds is 6. The summed E-state index contributed by atoms with van der Waals surface area (Å²) in [4.78, 5) is 35.4. The number of hydrogen-bond acceptors (Lipinski definition) is 5. The molecule has 1 aromatic carbocycles. The highest BCUT2D eigenvalue weighted by Gasteiger charge is 2.15. The van der Waals surface area contributed by atoms with Gasteiger partial charge in [-0.3, -0.25) is 14.4 Å². The SMILES string of the molecule is CC(=O)Nc1ccc(NC(=O)C(=O)NCCC(O)c2cccs2)cc1. The fraction of sp³-hybridized carbons (Fsp3) is 0.235. The van der Waals surface area contributed by atoms with Crippen molar-refractivity contribution in [1.29, 1.82) is 0 Å². The average Bonchev–Trinajstić information content (AvgIpc) is 3.10. The van der Waals surface area contributed by atoms with E-state index < -0.39 is 17.9 Å². The van der Waals surface area contributed by atoms with Crippen LogP contribution >= 0.6 is 11.3 Å². The summed E-state index contributed by atoms with van der Waals surface area (Å²) in [5, 5.41) is 19.3. The molecule has 0 spiro atoms. The summed E-state index contributed by atoms with van der Waals surface area (Å²) in [7, 11) is 0. The zero-order chi connectivity index (χ0) is 18.2. The van der Waals surface area contributed by atoms with Crippen LogP contribution in [0.25, 0.3) is 0 Å². The van der Waals surface area contributed by atoms with Gasteiger partial charge in [-0.15, -0.1) is 11.3 Å². The number of anilines is 2. The predicted octanol–water partition coefficient (Wildman–Crippen LogP) is 1.88. The Morgan fingerprint density at radius 3 is 2.24 bits per heavy atom. The van der Waals surface area contributed by atoms with Crippen LogP contribution in [0.3, 0.4) is 0 Å². The molecular formula is C17H19N3O4S. The van der Waals surface area contributed by atoms with Crippen molar-refractivity contribution in [1.82, 2.24) is 5.32 Å². The molecule has 1 unspecified atom stereocenters. The molecule has 1 heterocycles. The van der Waals surface area contributed by atoms with E-state index in [1.807, 2.05) is 17.5 Å². The Balaban J connectivity index is 1.76. The maximum absolute atomic E-state index is 11.8. The molecule has 0 bridgehead atoms. The van der Waals surface area contributed by atoms with Gasteiger partial charge in [0.05, 0.1) is 6.10 Å². The van der Waals surface area contributed by atoms with Crippen molar-refractivity contribution in [3.8, 4) is 0 Å². The lowest BCUT2D eigenvalue weighted by Crippen LogP contribution is -2.36. The van der Waals surface area contributed by atoms with E-state index in [2.05, 4.69) is 16.0 Å². The van der Waals surface area contributed by atoms with E-state index in [0.717, 1.165) is 4.88 Å². The summed E-state index contributed by atoms with van der Waals surface area (Å²) >= 11 is 1.43. The molecule has 2 aromatic rings.